The van der Waals surface area contributed by atoms with Gasteiger partial charge in [-0.1, -0.05) is 108 Å². The van der Waals surface area contributed by atoms with E-state index in [0.717, 1.165) is 38.5 Å². The van der Waals surface area contributed by atoms with Crippen LogP contribution in [0.3, 0.4) is 0 Å². The van der Waals surface area contributed by atoms with Crippen molar-refractivity contribution in [1.29, 1.82) is 0 Å². The van der Waals surface area contributed by atoms with E-state index in [9.17, 15) is 13.2 Å². The summed E-state index contributed by atoms with van der Waals surface area (Å²) >= 11 is 0. The molecule has 0 aromatic heterocycles. The summed E-state index contributed by atoms with van der Waals surface area (Å²) < 4.78 is 39.4. The van der Waals surface area contributed by atoms with Gasteiger partial charge < -0.3 is 0 Å². The Hall–Kier alpha value is 0.490. The Morgan fingerprint density at radius 2 is 1.24 bits per heavy atom. The second-order valence-electron chi connectivity index (χ2n) is 8.11. The molecule has 0 saturated carbocycles. The molecule has 0 unspecified atom stereocenters. The standard InChI is InChI=1S/C20H39F3S2/c1-6-8-10-12-14-17(15-13-11-9-7-2)18(16-20(21,22)23)24-25-19(3,4)5/h17-18H,6-16H2,1-5H3/t18-/m0/s1. The van der Waals surface area contributed by atoms with Gasteiger partial charge in [-0.2, -0.15) is 13.2 Å². The van der Waals surface area contributed by atoms with E-state index in [-0.39, 0.29) is 15.9 Å². The van der Waals surface area contributed by atoms with E-state index in [1.54, 1.807) is 10.8 Å². The molecule has 0 rings (SSSR count). The lowest BCUT2D eigenvalue weighted by atomic mass is 9.90. The molecule has 0 aliphatic carbocycles. The smallest absolute Gasteiger partial charge is 0.171 e. The number of hydrogen-bond donors (Lipinski definition) is 0. The monoisotopic (exact) mass is 400 g/mol. The molecule has 0 N–H and O–H groups in total. The van der Waals surface area contributed by atoms with E-state index < -0.39 is 12.6 Å². The van der Waals surface area contributed by atoms with Crippen molar-refractivity contribution < 1.29 is 13.2 Å². The van der Waals surface area contributed by atoms with Gasteiger partial charge in [0.25, 0.3) is 0 Å². The molecule has 152 valence electrons. The van der Waals surface area contributed by atoms with Gasteiger partial charge in [0.1, 0.15) is 0 Å². The van der Waals surface area contributed by atoms with Gasteiger partial charge in [-0.05, 0) is 18.8 Å². The first-order valence-corrected chi connectivity index (χ1v) is 12.2. The summed E-state index contributed by atoms with van der Waals surface area (Å²) in [5.41, 5.74) is 0. The van der Waals surface area contributed by atoms with Gasteiger partial charge in [0.05, 0.1) is 6.42 Å². The Bertz CT molecular complexity index is 299. The van der Waals surface area contributed by atoms with Crippen LogP contribution >= 0.6 is 21.6 Å². The molecule has 1 atom stereocenters. The maximum Gasteiger partial charge on any atom is 0.390 e. The van der Waals surface area contributed by atoms with Crippen molar-refractivity contribution in [2.45, 2.75) is 121 Å². The van der Waals surface area contributed by atoms with Crippen LogP contribution in [0.1, 0.15) is 105 Å². The lowest BCUT2D eigenvalue weighted by molar-refractivity contribution is -0.136. The van der Waals surface area contributed by atoms with E-state index in [1.165, 1.54) is 36.5 Å². The van der Waals surface area contributed by atoms with Crippen molar-refractivity contribution in [2.24, 2.45) is 5.92 Å². The molecule has 0 radical (unpaired) electrons. The largest absolute Gasteiger partial charge is 0.390 e. The van der Waals surface area contributed by atoms with Crippen molar-refractivity contribution >= 4 is 21.6 Å². The molecule has 0 nitrogen and oxygen atoms in total. The Kier molecular flexibility index (Phi) is 13.9. The van der Waals surface area contributed by atoms with Crippen LogP contribution in [0.5, 0.6) is 0 Å². The van der Waals surface area contributed by atoms with Gasteiger partial charge in [-0.3, -0.25) is 0 Å². The summed E-state index contributed by atoms with van der Waals surface area (Å²) in [5.74, 6) is 0.190. The average Bonchev–Trinajstić information content (AvgIpc) is 2.48. The van der Waals surface area contributed by atoms with Crippen LogP contribution in [-0.4, -0.2) is 16.2 Å². The summed E-state index contributed by atoms with van der Waals surface area (Å²) in [6.45, 7) is 10.6. The zero-order valence-corrected chi connectivity index (χ0v) is 18.5. The van der Waals surface area contributed by atoms with Gasteiger partial charge in [0.2, 0.25) is 0 Å². The van der Waals surface area contributed by atoms with E-state index in [1.807, 2.05) is 0 Å². The molecular formula is C20H39F3S2. The summed E-state index contributed by atoms with van der Waals surface area (Å²) in [5, 5.41) is -0.313. The minimum atomic E-state index is -4.07. The molecule has 0 saturated heterocycles. The predicted molar refractivity (Wildman–Crippen MR) is 110 cm³/mol. The molecule has 5 heteroatoms. The number of alkyl halides is 3. The number of halogens is 3. The van der Waals surface area contributed by atoms with Crippen LogP contribution in [0, 0.1) is 5.92 Å². The first-order valence-electron chi connectivity index (χ1n) is 10.00. The van der Waals surface area contributed by atoms with Crippen LogP contribution in [0.25, 0.3) is 0 Å². The van der Waals surface area contributed by atoms with Crippen molar-refractivity contribution in [3.63, 3.8) is 0 Å². The Morgan fingerprint density at radius 1 is 0.760 bits per heavy atom. The maximum atomic E-state index is 13.1. The first kappa shape index (κ1) is 25.5. The normalized spacial score (nSPS) is 14.3. The van der Waals surface area contributed by atoms with Gasteiger partial charge in [0.15, 0.2) is 0 Å². The quantitative estimate of drug-likeness (QED) is 0.211. The fourth-order valence-electron chi connectivity index (χ4n) is 2.90. The highest BCUT2D eigenvalue weighted by Crippen LogP contribution is 2.46. The highest BCUT2D eigenvalue weighted by atomic mass is 33.1. The molecule has 25 heavy (non-hydrogen) atoms. The third-order valence-electron chi connectivity index (χ3n) is 4.24. The average molecular weight is 401 g/mol. The summed E-state index contributed by atoms with van der Waals surface area (Å²) in [7, 11) is 3.10. The first-order chi connectivity index (χ1) is 11.6. The molecule has 0 heterocycles. The van der Waals surface area contributed by atoms with Gasteiger partial charge in [0, 0.05) is 10.00 Å². The predicted octanol–water partition coefficient (Wildman–Crippen LogP) is 9.04. The molecule has 0 fully saturated rings. The van der Waals surface area contributed by atoms with Crippen molar-refractivity contribution in [1.82, 2.24) is 0 Å². The van der Waals surface area contributed by atoms with Crippen molar-refractivity contribution in [3.8, 4) is 0 Å². The van der Waals surface area contributed by atoms with Crippen LogP contribution in [-0.2, 0) is 0 Å². The highest BCUT2D eigenvalue weighted by Gasteiger charge is 2.36. The lowest BCUT2D eigenvalue weighted by Crippen LogP contribution is -2.25. The van der Waals surface area contributed by atoms with Crippen LogP contribution in [0.15, 0.2) is 0 Å². The summed E-state index contributed by atoms with van der Waals surface area (Å²) in [4.78, 5) is 0. The molecule has 0 aliphatic rings. The minimum Gasteiger partial charge on any atom is -0.171 e. The lowest BCUT2D eigenvalue weighted by Gasteiger charge is -2.30. The molecule has 0 aliphatic heterocycles. The Labute approximate surface area is 162 Å². The van der Waals surface area contributed by atoms with Crippen LogP contribution in [0.4, 0.5) is 13.2 Å². The third kappa shape index (κ3) is 16.4. The molecular weight excluding hydrogens is 361 g/mol. The maximum absolute atomic E-state index is 13.1. The van der Waals surface area contributed by atoms with E-state index in [4.69, 9.17) is 0 Å². The zero-order chi connectivity index (χ0) is 19.3. The van der Waals surface area contributed by atoms with E-state index >= 15 is 0 Å². The van der Waals surface area contributed by atoms with Crippen LogP contribution in [0.2, 0.25) is 0 Å². The zero-order valence-electron chi connectivity index (χ0n) is 16.9. The molecule has 0 bridgehead atoms. The van der Waals surface area contributed by atoms with E-state index in [0.29, 0.717) is 0 Å². The topological polar surface area (TPSA) is 0 Å². The Balaban J connectivity index is 4.84. The Morgan fingerprint density at radius 3 is 1.60 bits per heavy atom. The fourth-order valence-corrected chi connectivity index (χ4v) is 5.91. The third-order valence-corrected chi connectivity index (χ3v) is 8.16. The van der Waals surface area contributed by atoms with Crippen molar-refractivity contribution in [3.05, 3.63) is 0 Å². The molecule has 0 spiro atoms. The summed E-state index contributed by atoms with van der Waals surface area (Å²) in [6.07, 6.45) is 6.35. The van der Waals surface area contributed by atoms with Crippen molar-refractivity contribution in [2.75, 3.05) is 0 Å². The van der Waals surface area contributed by atoms with Gasteiger partial charge in [-0.25, -0.2) is 0 Å². The minimum absolute atomic E-state index is 0.0104. The number of hydrogen-bond acceptors (Lipinski definition) is 2. The fraction of sp³-hybridized carbons (Fsp3) is 1.00. The number of rotatable bonds is 14. The molecule has 0 aromatic carbocycles. The summed E-state index contributed by atoms with van der Waals surface area (Å²) in [6, 6.07) is 0. The van der Waals surface area contributed by atoms with Gasteiger partial charge in [-0.15, -0.1) is 0 Å². The molecule has 0 amide bonds. The number of unbranched alkanes of at least 4 members (excludes halogenated alkanes) is 6. The molecule has 0 aromatic rings. The van der Waals surface area contributed by atoms with Gasteiger partial charge >= 0.3 is 6.18 Å². The second-order valence-corrected chi connectivity index (χ2v) is 11.4. The van der Waals surface area contributed by atoms with Crippen LogP contribution < -0.4 is 0 Å². The highest BCUT2D eigenvalue weighted by molar-refractivity contribution is 8.77. The van der Waals surface area contributed by atoms with E-state index in [2.05, 4.69) is 34.6 Å². The SMILES string of the molecule is CCCCCCC(CCCCCC)[C@H](CC(F)(F)F)SSC(C)(C)C. The second kappa shape index (κ2) is 13.6.